The Bertz CT molecular complexity index is 558. The quantitative estimate of drug-likeness (QED) is 0.917. The zero-order chi connectivity index (χ0) is 14.9. The van der Waals surface area contributed by atoms with Crippen LogP contribution in [0.25, 0.3) is 0 Å². The van der Waals surface area contributed by atoms with Crippen LogP contribution < -0.4 is 5.32 Å². The van der Waals surface area contributed by atoms with E-state index in [1.165, 1.54) is 0 Å². The molecule has 1 fully saturated rings. The molecule has 1 aliphatic rings. The highest BCUT2D eigenvalue weighted by Gasteiger charge is 2.34. The molecule has 20 heavy (non-hydrogen) atoms. The van der Waals surface area contributed by atoms with Crippen LogP contribution in [0.15, 0.2) is 15.4 Å². The predicted molar refractivity (Wildman–Crippen MR) is 81.5 cm³/mol. The number of nitrogens with one attached hydrogen (secondary N) is 1. The lowest BCUT2D eigenvalue weighted by molar-refractivity contribution is 0.402. The van der Waals surface area contributed by atoms with Crippen molar-refractivity contribution in [3.05, 3.63) is 17.6 Å². The molecular weight excluding hydrogens is 296 g/mol. The van der Waals surface area contributed by atoms with Crippen LogP contribution in [0.2, 0.25) is 0 Å². The van der Waals surface area contributed by atoms with Crippen molar-refractivity contribution in [3.63, 3.8) is 0 Å². The molecule has 7 heteroatoms. The Hall–Kier alpha value is -0.500. The number of sulfonamides is 1. The zero-order valence-electron chi connectivity index (χ0n) is 12.3. The first-order chi connectivity index (χ1) is 9.34. The van der Waals surface area contributed by atoms with E-state index in [2.05, 4.69) is 19.2 Å². The van der Waals surface area contributed by atoms with Gasteiger partial charge in [0.2, 0.25) is 10.0 Å². The molecule has 5 nitrogen and oxygen atoms in total. The highest BCUT2D eigenvalue weighted by atomic mass is 32.2. The van der Waals surface area contributed by atoms with E-state index in [-0.39, 0.29) is 0 Å². The highest BCUT2D eigenvalue weighted by molar-refractivity contribution is 8.00. The summed E-state index contributed by atoms with van der Waals surface area (Å²) in [4.78, 5) is 0.300. The van der Waals surface area contributed by atoms with Crippen LogP contribution in [0.3, 0.4) is 0 Å². The van der Waals surface area contributed by atoms with Crippen molar-refractivity contribution >= 4 is 21.8 Å². The van der Waals surface area contributed by atoms with E-state index in [0.29, 0.717) is 46.6 Å². The van der Waals surface area contributed by atoms with Gasteiger partial charge in [0.25, 0.3) is 0 Å². The zero-order valence-corrected chi connectivity index (χ0v) is 14.0. The Balaban J connectivity index is 2.30. The fraction of sp³-hybridized carbons (Fsp3) is 0.692. The van der Waals surface area contributed by atoms with E-state index >= 15 is 0 Å². The molecule has 114 valence electrons. The van der Waals surface area contributed by atoms with Crippen LogP contribution in [0.4, 0.5) is 0 Å². The van der Waals surface area contributed by atoms with Gasteiger partial charge in [0.05, 0.1) is 6.54 Å². The molecule has 0 saturated carbocycles. The molecule has 1 aliphatic heterocycles. The minimum atomic E-state index is -3.46. The standard InChI is InChI=1S/C13H22N2O3S2/c1-9-7-15(8-10(2)19-9)20(16,17)13-5-12(6-14-4)18-11(13)3/h5,9-10,14H,6-8H2,1-4H3. The molecule has 1 aromatic heterocycles. The molecule has 0 spiro atoms. The third-order valence-electron chi connectivity index (χ3n) is 3.28. The molecule has 0 bridgehead atoms. The summed E-state index contributed by atoms with van der Waals surface area (Å²) in [7, 11) is -1.65. The lowest BCUT2D eigenvalue weighted by Crippen LogP contribution is -2.43. The number of aryl methyl sites for hydroxylation is 1. The third kappa shape index (κ3) is 3.21. The second-order valence-corrected chi connectivity index (χ2v) is 9.03. The maximum Gasteiger partial charge on any atom is 0.246 e. The van der Waals surface area contributed by atoms with Gasteiger partial charge < -0.3 is 9.73 Å². The van der Waals surface area contributed by atoms with Crippen LogP contribution in [-0.2, 0) is 16.6 Å². The Morgan fingerprint density at radius 3 is 2.55 bits per heavy atom. The van der Waals surface area contributed by atoms with Gasteiger partial charge in [0.15, 0.2) is 0 Å². The van der Waals surface area contributed by atoms with Crippen LogP contribution in [0.5, 0.6) is 0 Å². The molecule has 0 amide bonds. The van der Waals surface area contributed by atoms with E-state index in [9.17, 15) is 8.42 Å². The lowest BCUT2D eigenvalue weighted by atomic mass is 10.4. The first-order valence-corrected chi connectivity index (χ1v) is 9.12. The molecule has 2 atom stereocenters. The molecule has 0 aliphatic carbocycles. The minimum absolute atomic E-state index is 0.300. The van der Waals surface area contributed by atoms with Gasteiger partial charge in [-0.05, 0) is 14.0 Å². The number of thioether (sulfide) groups is 1. The van der Waals surface area contributed by atoms with Crippen molar-refractivity contribution in [1.29, 1.82) is 0 Å². The summed E-state index contributed by atoms with van der Waals surface area (Å²) in [5.41, 5.74) is 0. The van der Waals surface area contributed by atoms with Crippen molar-refractivity contribution < 1.29 is 12.8 Å². The minimum Gasteiger partial charge on any atom is -0.464 e. The summed E-state index contributed by atoms with van der Waals surface area (Å²) >= 11 is 1.83. The Kier molecular flexibility index (Phi) is 4.84. The van der Waals surface area contributed by atoms with Crippen molar-refractivity contribution in [2.75, 3.05) is 20.1 Å². The topological polar surface area (TPSA) is 62.6 Å². The second kappa shape index (κ2) is 6.09. The van der Waals surface area contributed by atoms with E-state index in [4.69, 9.17) is 4.42 Å². The number of furan rings is 1. The summed E-state index contributed by atoms with van der Waals surface area (Å²) in [6, 6.07) is 1.64. The Labute approximate surface area is 125 Å². The smallest absolute Gasteiger partial charge is 0.246 e. The first-order valence-electron chi connectivity index (χ1n) is 6.74. The van der Waals surface area contributed by atoms with Gasteiger partial charge >= 0.3 is 0 Å². The molecular formula is C13H22N2O3S2. The van der Waals surface area contributed by atoms with E-state index in [0.717, 1.165) is 0 Å². The van der Waals surface area contributed by atoms with Crippen LogP contribution in [0, 0.1) is 6.92 Å². The van der Waals surface area contributed by atoms with Crippen molar-refractivity contribution in [3.8, 4) is 0 Å². The van der Waals surface area contributed by atoms with Gasteiger partial charge in [-0.15, -0.1) is 0 Å². The number of nitrogens with zero attached hydrogens (tertiary/aromatic N) is 1. The van der Waals surface area contributed by atoms with Gasteiger partial charge in [-0.1, -0.05) is 13.8 Å². The van der Waals surface area contributed by atoms with E-state index < -0.39 is 10.0 Å². The van der Waals surface area contributed by atoms with Gasteiger partial charge in [-0.2, -0.15) is 16.1 Å². The van der Waals surface area contributed by atoms with E-state index in [1.807, 2.05) is 11.8 Å². The van der Waals surface area contributed by atoms with Gasteiger partial charge in [-0.25, -0.2) is 8.42 Å². The molecule has 2 rings (SSSR count). The van der Waals surface area contributed by atoms with Crippen LogP contribution in [0.1, 0.15) is 25.4 Å². The van der Waals surface area contributed by atoms with Crippen molar-refractivity contribution in [2.45, 2.75) is 42.7 Å². The molecule has 2 unspecified atom stereocenters. The first kappa shape index (κ1) is 15.9. The Morgan fingerprint density at radius 2 is 2.00 bits per heavy atom. The average Bonchev–Trinajstić information content (AvgIpc) is 2.70. The third-order valence-corrected chi connectivity index (χ3v) is 6.44. The summed E-state index contributed by atoms with van der Waals surface area (Å²) < 4.78 is 32.6. The maximum absolute atomic E-state index is 12.8. The summed E-state index contributed by atoms with van der Waals surface area (Å²) in [6.45, 7) is 7.48. The van der Waals surface area contributed by atoms with E-state index in [1.54, 1.807) is 24.3 Å². The van der Waals surface area contributed by atoms with Gasteiger partial charge in [0.1, 0.15) is 16.4 Å². The average molecular weight is 318 g/mol. The van der Waals surface area contributed by atoms with Crippen molar-refractivity contribution in [1.82, 2.24) is 9.62 Å². The fourth-order valence-electron chi connectivity index (χ4n) is 2.51. The summed E-state index contributed by atoms with van der Waals surface area (Å²) in [5, 5.41) is 3.60. The van der Waals surface area contributed by atoms with Crippen molar-refractivity contribution in [2.24, 2.45) is 0 Å². The summed E-state index contributed by atoms with van der Waals surface area (Å²) in [5.74, 6) is 1.12. The molecule has 1 N–H and O–H groups in total. The fourth-order valence-corrected chi connectivity index (χ4v) is 5.82. The predicted octanol–water partition coefficient (Wildman–Crippen LogP) is 1.82. The normalized spacial score (nSPS) is 25.0. The maximum atomic E-state index is 12.8. The SMILES string of the molecule is CNCc1cc(S(=O)(=O)N2CC(C)SC(C)C2)c(C)o1. The monoisotopic (exact) mass is 318 g/mol. The largest absolute Gasteiger partial charge is 0.464 e. The second-order valence-electron chi connectivity index (χ2n) is 5.24. The Morgan fingerprint density at radius 1 is 1.40 bits per heavy atom. The highest BCUT2D eigenvalue weighted by Crippen LogP contribution is 2.30. The number of rotatable bonds is 4. The number of hydrogen-bond acceptors (Lipinski definition) is 5. The van der Waals surface area contributed by atoms with Crippen LogP contribution >= 0.6 is 11.8 Å². The lowest BCUT2D eigenvalue weighted by Gasteiger charge is -2.33. The molecule has 1 saturated heterocycles. The molecule has 0 aromatic carbocycles. The molecule has 1 aromatic rings. The number of hydrogen-bond donors (Lipinski definition) is 1. The van der Waals surface area contributed by atoms with Crippen LogP contribution in [-0.4, -0.2) is 43.4 Å². The van der Waals surface area contributed by atoms with Gasteiger partial charge in [-0.3, -0.25) is 0 Å². The summed E-state index contributed by atoms with van der Waals surface area (Å²) in [6.07, 6.45) is 0. The van der Waals surface area contributed by atoms with Gasteiger partial charge in [0, 0.05) is 29.7 Å². The molecule has 2 heterocycles. The molecule has 0 radical (unpaired) electrons.